The third-order valence-corrected chi connectivity index (χ3v) is 9.48. The number of hydrogen-bond donors (Lipinski definition) is 1. The minimum Gasteiger partial charge on any atom is -0.379 e. The lowest BCUT2D eigenvalue weighted by Crippen LogP contribution is -2.61. The predicted molar refractivity (Wildman–Crippen MR) is 129 cm³/mol. The van der Waals surface area contributed by atoms with Crippen molar-refractivity contribution in [2.75, 3.05) is 56.7 Å². The Kier molecular flexibility index (Phi) is 9.42. The Hall–Kier alpha value is -0.690. The molecule has 3 heterocycles. The Bertz CT molecular complexity index is 891. The van der Waals surface area contributed by atoms with Crippen molar-refractivity contribution in [1.82, 2.24) is 14.5 Å². The maximum atomic E-state index is 13.2. The molecule has 0 saturated carbocycles. The Morgan fingerprint density at radius 3 is 2.72 bits per heavy atom. The summed E-state index contributed by atoms with van der Waals surface area (Å²) in [7, 11) is -3.66. The van der Waals surface area contributed by atoms with Gasteiger partial charge in [0.05, 0.1) is 23.3 Å². The average Bonchev–Trinajstić information content (AvgIpc) is 3.36. The normalized spacial score (nSPS) is 22.2. The number of carbonyl (C=O) groups is 2. The van der Waals surface area contributed by atoms with Gasteiger partial charge in [-0.1, -0.05) is 18.5 Å². The van der Waals surface area contributed by atoms with E-state index in [0.717, 1.165) is 16.9 Å². The summed E-state index contributed by atoms with van der Waals surface area (Å²) in [5, 5.41) is 0. The first-order chi connectivity index (χ1) is 15.3. The summed E-state index contributed by atoms with van der Waals surface area (Å²) in [6.07, 6.45) is 1.55. The van der Waals surface area contributed by atoms with Crippen molar-refractivity contribution in [2.24, 2.45) is 0 Å². The van der Waals surface area contributed by atoms with Gasteiger partial charge in [0.2, 0.25) is 15.9 Å². The van der Waals surface area contributed by atoms with Crippen molar-refractivity contribution in [1.29, 1.82) is 0 Å². The van der Waals surface area contributed by atoms with Crippen molar-refractivity contribution in [3.05, 3.63) is 21.3 Å². The lowest BCUT2D eigenvalue weighted by atomic mass is 10.0. The van der Waals surface area contributed by atoms with E-state index in [-0.39, 0.29) is 11.7 Å². The topological polar surface area (TPSA) is 96.0 Å². The highest BCUT2D eigenvalue weighted by Crippen LogP contribution is 2.28. The van der Waals surface area contributed by atoms with Crippen LogP contribution in [0.3, 0.4) is 0 Å². The fourth-order valence-electron chi connectivity index (χ4n) is 4.00. The molecule has 0 aromatic carbocycles. The molecule has 0 radical (unpaired) electrons. The molecule has 1 N–H and O–H groups in total. The number of likely N-dealkylation sites (tertiary alicyclic amines) is 1. The fraction of sp³-hybridized carbons (Fsp3) is 0.700. The van der Waals surface area contributed by atoms with E-state index >= 15 is 0 Å². The zero-order valence-corrected chi connectivity index (χ0v) is 21.3. The molecule has 0 unspecified atom stereocenters. The van der Waals surface area contributed by atoms with E-state index in [2.05, 4.69) is 9.62 Å². The molecule has 32 heavy (non-hydrogen) atoms. The SMILES string of the molecule is CCSC[C@](C=O)(CN1CCOCC1)N1CC[C@H](NS(=O)(=O)CCc2ccc(Cl)s2)C1=O. The molecule has 8 nitrogen and oxygen atoms in total. The molecule has 1 amide bonds. The van der Waals surface area contributed by atoms with Gasteiger partial charge in [-0.3, -0.25) is 9.69 Å². The van der Waals surface area contributed by atoms with Crippen LogP contribution in [0.1, 0.15) is 18.2 Å². The predicted octanol–water partition coefficient (Wildman–Crippen LogP) is 1.49. The Morgan fingerprint density at radius 1 is 1.34 bits per heavy atom. The third-order valence-electron chi connectivity index (χ3n) is 5.69. The van der Waals surface area contributed by atoms with Crippen LogP contribution >= 0.6 is 34.7 Å². The van der Waals surface area contributed by atoms with E-state index in [0.29, 0.717) is 62.3 Å². The third kappa shape index (κ3) is 6.68. The highest BCUT2D eigenvalue weighted by Gasteiger charge is 2.47. The maximum Gasteiger partial charge on any atom is 0.241 e. The second-order valence-corrected chi connectivity index (χ2v) is 12.9. The minimum absolute atomic E-state index is 0.119. The van der Waals surface area contributed by atoms with Gasteiger partial charge in [-0.05, 0) is 30.7 Å². The van der Waals surface area contributed by atoms with Gasteiger partial charge < -0.3 is 14.4 Å². The van der Waals surface area contributed by atoms with Crippen LogP contribution in [0.2, 0.25) is 4.34 Å². The van der Waals surface area contributed by atoms with Gasteiger partial charge in [0, 0.05) is 36.8 Å². The Morgan fingerprint density at radius 2 is 2.09 bits per heavy atom. The number of sulfonamides is 1. The van der Waals surface area contributed by atoms with Crippen molar-refractivity contribution in [3.8, 4) is 0 Å². The Labute approximate surface area is 203 Å². The van der Waals surface area contributed by atoms with Crippen LogP contribution in [0.4, 0.5) is 0 Å². The number of carbonyl (C=O) groups excluding carboxylic acids is 2. The molecule has 0 bridgehead atoms. The number of thiophene rings is 1. The fourth-order valence-corrected chi connectivity index (χ4v) is 7.34. The molecule has 0 spiro atoms. The van der Waals surface area contributed by atoms with Crippen molar-refractivity contribution in [2.45, 2.75) is 31.3 Å². The Balaban J connectivity index is 1.67. The van der Waals surface area contributed by atoms with E-state index in [4.69, 9.17) is 16.3 Å². The molecular formula is C20H30ClN3O5S3. The number of morpholine rings is 1. The lowest BCUT2D eigenvalue weighted by Gasteiger charge is -2.42. The highest BCUT2D eigenvalue weighted by atomic mass is 35.5. The molecule has 12 heteroatoms. The monoisotopic (exact) mass is 523 g/mol. The molecule has 1 aromatic rings. The summed E-state index contributed by atoms with van der Waals surface area (Å²) in [5.74, 6) is 0.856. The van der Waals surface area contributed by atoms with Crippen LogP contribution in [0.15, 0.2) is 12.1 Å². The van der Waals surface area contributed by atoms with Crippen molar-refractivity contribution in [3.63, 3.8) is 0 Å². The molecule has 2 saturated heterocycles. The van der Waals surface area contributed by atoms with Crippen molar-refractivity contribution >= 4 is 56.9 Å². The largest absolute Gasteiger partial charge is 0.379 e. The van der Waals surface area contributed by atoms with E-state index in [1.807, 2.05) is 6.92 Å². The second-order valence-electron chi connectivity index (χ2n) is 7.97. The van der Waals surface area contributed by atoms with Crippen LogP contribution in [0.5, 0.6) is 0 Å². The van der Waals surface area contributed by atoms with Crippen LogP contribution in [0, 0.1) is 0 Å². The first-order valence-corrected chi connectivity index (χ1v) is 14.7. The number of amides is 1. The van der Waals surface area contributed by atoms with Gasteiger partial charge in [0.25, 0.3) is 0 Å². The minimum atomic E-state index is -3.66. The van der Waals surface area contributed by atoms with Gasteiger partial charge in [0.15, 0.2) is 0 Å². The number of halogens is 1. The molecule has 2 aliphatic rings. The number of aryl methyl sites for hydroxylation is 1. The molecule has 180 valence electrons. The molecule has 1 aromatic heterocycles. The molecule has 0 aliphatic carbocycles. The molecule has 2 aliphatic heterocycles. The van der Waals surface area contributed by atoms with Gasteiger partial charge in [-0.15, -0.1) is 11.3 Å². The first kappa shape index (κ1) is 25.9. The zero-order chi connectivity index (χ0) is 23.2. The second kappa shape index (κ2) is 11.6. The van der Waals surface area contributed by atoms with E-state index in [1.54, 1.807) is 28.8 Å². The number of ether oxygens (including phenoxy) is 1. The summed E-state index contributed by atoms with van der Waals surface area (Å²) >= 11 is 8.86. The van der Waals surface area contributed by atoms with Crippen LogP contribution in [-0.4, -0.2) is 98.6 Å². The standard InChI is InChI=1S/C20H30ClN3O5S3/c1-2-30-15-20(14-25,13-23-8-10-29-11-9-23)24-7-5-17(19(24)26)22-32(27,28)12-6-16-3-4-18(21)31-16/h3-4,14,17,22H,2,5-13,15H2,1H3/t17-,20+/m0/s1. The van der Waals surface area contributed by atoms with E-state index < -0.39 is 21.6 Å². The van der Waals surface area contributed by atoms with Crippen LogP contribution < -0.4 is 4.72 Å². The number of nitrogens with one attached hydrogen (secondary N) is 1. The van der Waals surface area contributed by atoms with Gasteiger partial charge in [-0.2, -0.15) is 11.8 Å². The molecule has 2 fully saturated rings. The maximum absolute atomic E-state index is 13.2. The molecule has 3 rings (SSSR count). The smallest absolute Gasteiger partial charge is 0.241 e. The molecule has 2 atom stereocenters. The van der Waals surface area contributed by atoms with Crippen molar-refractivity contribution < 1.29 is 22.7 Å². The molecular weight excluding hydrogens is 494 g/mol. The number of rotatable bonds is 12. The number of thioether (sulfide) groups is 1. The number of hydrogen-bond acceptors (Lipinski definition) is 8. The highest BCUT2D eigenvalue weighted by molar-refractivity contribution is 7.99. The van der Waals surface area contributed by atoms with Gasteiger partial charge >= 0.3 is 0 Å². The zero-order valence-electron chi connectivity index (χ0n) is 18.1. The summed E-state index contributed by atoms with van der Waals surface area (Å²) < 4.78 is 33.8. The summed E-state index contributed by atoms with van der Waals surface area (Å²) in [4.78, 5) is 30.2. The van der Waals surface area contributed by atoms with Crippen LogP contribution in [-0.2, 0) is 30.8 Å². The van der Waals surface area contributed by atoms with Gasteiger partial charge in [-0.25, -0.2) is 13.1 Å². The number of nitrogens with zero attached hydrogens (tertiary/aromatic N) is 2. The first-order valence-electron chi connectivity index (χ1n) is 10.7. The quantitative estimate of drug-likeness (QED) is 0.415. The summed E-state index contributed by atoms with van der Waals surface area (Å²) in [6, 6.07) is 2.70. The lowest BCUT2D eigenvalue weighted by molar-refractivity contribution is -0.139. The van der Waals surface area contributed by atoms with E-state index in [1.165, 1.54) is 11.3 Å². The summed E-state index contributed by atoms with van der Waals surface area (Å²) in [5.41, 5.74) is -0.983. The number of aldehydes is 1. The summed E-state index contributed by atoms with van der Waals surface area (Å²) in [6.45, 7) is 5.40. The van der Waals surface area contributed by atoms with Gasteiger partial charge in [0.1, 0.15) is 17.9 Å². The average molecular weight is 524 g/mol. The van der Waals surface area contributed by atoms with Crippen LogP contribution in [0.25, 0.3) is 0 Å². The van der Waals surface area contributed by atoms with E-state index in [9.17, 15) is 18.0 Å².